The minimum absolute atomic E-state index is 0.108. The maximum Gasteiger partial charge on any atom is 0.364 e. The topological polar surface area (TPSA) is 103 Å². The van der Waals surface area contributed by atoms with Gasteiger partial charge in [-0.2, -0.15) is 0 Å². The Morgan fingerprint density at radius 1 is 1.16 bits per heavy atom. The fraction of sp³-hybridized carbons (Fsp3) is 0.348. The largest absolute Gasteiger partial charge is 0.364 e. The van der Waals surface area contributed by atoms with E-state index in [0.29, 0.717) is 22.6 Å². The van der Waals surface area contributed by atoms with E-state index in [-0.39, 0.29) is 33.7 Å². The smallest absolute Gasteiger partial charge is 0.336 e. The van der Waals surface area contributed by atoms with E-state index >= 15 is 0 Å². The van der Waals surface area contributed by atoms with Crippen LogP contribution in [0.4, 0.5) is 0 Å². The van der Waals surface area contributed by atoms with Crippen molar-refractivity contribution in [1.29, 1.82) is 0 Å². The maximum absolute atomic E-state index is 13.2. The van der Waals surface area contributed by atoms with Crippen LogP contribution in [0.1, 0.15) is 82.0 Å². The molecular formula is C23H21N3O5. The molecule has 8 heteroatoms. The molecule has 8 nitrogen and oxygen atoms in total. The van der Waals surface area contributed by atoms with Crippen LogP contribution in [0.15, 0.2) is 34.9 Å². The van der Waals surface area contributed by atoms with Crippen molar-refractivity contribution in [3.8, 4) is 0 Å². The van der Waals surface area contributed by atoms with Crippen LogP contribution in [0.3, 0.4) is 0 Å². The van der Waals surface area contributed by atoms with Crippen molar-refractivity contribution in [1.82, 2.24) is 15.2 Å². The van der Waals surface area contributed by atoms with Gasteiger partial charge in [0.05, 0.1) is 27.8 Å². The number of imide groups is 1. The lowest BCUT2D eigenvalue weighted by atomic mass is 9.89. The lowest BCUT2D eigenvalue weighted by Crippen LogP contribution is -2.32. The fourth-order valence-electron chi connectivity index (χ4n) is 3.78. The fourth-order valence-corrected chi connectivity index (χ4v) is 3.78. The van der Waals surface area contributed by atoms with Crippen molar-refractivity contribution in [2.24, 2.45) is 5.41 Å². The van der Waals surface area contributed by atoms with Gasteiger partial charge in [-0.25, -0.2) is 9.78 Å². The molecule has 0 saturated heterocycles. The summed E-state index contributed by atoms with van der Waals surface area (Å²) in [6.07, 6.45) is 2.51. The number of hydroxylamine groups is 2. The van der Waals surface area contributed by atoms with Crippen molar-refractivity contribution < 1.29 is 23.7 Å². The Bertz CT molecular complexity index is 1210. The third-order valence-electron chi connectivity index (χ3n) is 5.38. The SMILES string of the molecule is CC(C)(C)Cc1noc2nc(C3CC3)cc(C(=O)ON3C(=O)c4ccccc4C3=O)c12. The Kier molecular flexibility index (Phi) is 4.22. The van der Waals surface area contributed by atoms with Crippen LogP contribution < -0.4 is 0 Å². The number of hydrogen-bond donors (Lipinski definition) is 0. The number of fused-ring (bicyclic) bond motifs is 2. The van der Waals surface area contributed by atoms with Crippen molar-refractivity contribution in [2.75, 3.05) is 0 Å². The second-order valence-electron chi connectivity index (χ2n) is 9.24. The number of pyridine rings is 1. The Hall–Kier alpha value is -3.55. The summed E-state index contributed by atoms with van der Waals surface area (Å²) in [7, 11) is 0. The van der Waals surface area contributed by atoms with Crippen molar-refractivity contribution >= 4 is 28.9 Å². The summed E-state index contributed by atoms with van der Waals surface area (Å²) >= 11 is 0. The van der Waals surface area contributed by atoms with Gasteiger partial charge in [0.15, 0.2) is 0 Å². The molecule has 0 spiro atoms. The third-order valence-corrected chi connectivity index (χ3v) is 5.38. The molecule has 0 unspecified atom stereocenters. The molecule has 1 fully saturated rings. The lowest BCUT2D eigenvalue weighted by Gasteiger charge is -2.17. The predicted octanol–water partition coefficient (Wildman–Crippen LogP) is 4.06. The van der Waals surface area contributed by atoms with Gasteiger partial charge < -0.3 is 9.36 Å². The summed E-state index contributed by atoms with van der Waals surface area (Å²) in [5.74, 6) is -1.89. The number of nitrogens with zero attached hydrogens (tertiary/aromatic N) is 3. The van der Waals surface area contributed by atoms with Gasteiger partial charge in [0, 0.05) is 11.6 Å². The molecule has 2 aromatic heterocycles. The van der Waals surface area contributed by atoms with Gasteiger partial charge >= 0.3 is 5.97 Å². The molecule has 5 rings (SSSR count). The number of carbonyl (C=O) groups excluding carboxylic acids is 3. The zero-order valence-corrected chi connectivity index (χ0v) is 17.5. The highest BCUT2D eigenvalue weighted by Crippen LogP contribution is 2.41. The van der Waals surface area contributed by atoms with Crippen LogP contribution in [0.25, 0.3) is 11.1 Å². The third kappa shape index (κ3) is 3.37. The van der Waals surface area contributed by atoms with E-state index < -0.39 is 17.8 Å². The molecule has 1 aliphatic heterocycles. The van der Waals surface area contributed by atoms with E-state index in [2.05, 4.69) is 30.9 Å². The maximum atomic E-state index is 13.2. The van der Waals surface area contributed by atoms with Gasteiger partial charge in [-0.15, -0.1) is 0 Å². The van der Waals surface area contributed by atoms with Crippen LogP contribution in [-0.4, -0.2) is 33.0 Å². The highest BCUT2D eigenvalue weighted by atomic mass is 16.7. The summed E-state index contributed by atoms with van der Waals surface area (Å²) in [6.45, 7) is 6.16. The Morgan fingerprint density at radius 3 is 2.39 bits per heavy atom. The van der Waals surface area contributed by atoms with Crippen molar-refractivity contribution in [3.05, 3.63) is 58.4 Å². The first-order valence-electron chi connectivity index (χ1n) is 10.2. The molecule has 3 aromatic rings. The molecule has 158 valence electrons. The van der Waals surface area contributed by atoms with Gasteiger partial charge in [-0.1, -0.05) is 43.1 Å². The molecule has 2 amide bonds. The van der Waals surface area contributed by atoms with E-state index in [0.717, 1.165) is 18.5 Å². The molecule has 1 aromatic carbocycles. The summed E-state index contributed by atoms with van der Waals surface area (Å²) in [5.41, 5.74) is 2.08. The van der Waals surface area contributed by atoms with Gasteiger partial charge in [0.2, 0.25) is 0 Å². The van der Waals surface area contributed by atoms with Gasteiger partial charge in [0.1, 0.15) is 0 Å². The van der Waals surface area contributed by atoms with Crippen LogP contribution in [0.5, 0.6) is 0 Å². The molecule has 0 atom stereocenters. The average molecular weight is 419 g/mol. The average Bonchev–Trinajstić information content (AvgIpc) is 3.47. The summed E-state index contributed by atoms with van der Waals surface area (Å²) in [5, 5.41) is 5.13. The number of rotatable bonds is 4. The van der Waals surface area contributed by atoms with E-state index in [4.69, 9.17) is 9.36 Å². The van der Waals surface area contributed by atoms with E-state index in [1.807, 2.05) is 0 Å². The Balaban J connectivity index is 1.54. The molecule has 0 N–H and O–H groups in total. The number of hydrogen-bond acceptors (Lipinski definition) is 7. The lowest BCUT2D eigenvalue weighted by molar-refractivity contribution is -0.0583. The van der Waals surface area contributed by atoms with Crippen molar-refractivity contribution in [3.63, 3.8) is 0 Å². The quantitative estimate of drug-likeness (QED) is 0.588. The molecule has 31 heavy (non-hydrogen) atoms. The predicted molar refractivity (Wildman–Crippen MR) is 109 cm³/mol. The van der Waals surface area contributed by atoms with Crippen molar-refractivity contribution in [2.45, 2.75) is 46.0 Å². The summed E-state index contributed by atoms with van der Waals surface area (Å²) in [4.78, 5) is 48.3. The zero-order valence-electron chi connectivity index (χ0n) is 17.5. The molecule has 1 aliphatic carbocycles. The van der Waals surface area contributed by atoms with Crippen LogP contribution >= 0.6 is 0 Å². The number of aromatic nitrogens is 2. The molecule has 3 heterocycles. The molecular weight excluding hydrogens is 398 g/mol. The Morgan fingerprint density at radius 2 is 1.81 bits per heavy atom. The van der Waals surface area contributed by atoms with Gasteiger partial charge in [-0.3, -0.25) is 9.59 Å². The second-order valence-corrected chi connectivity index (χ2v) is 9.24. The first kappa shape index (κ1) is 19.4. The summed E-state index contributed by atoms with van der Waals surface area (Å²) < 4.78 is 5.45. The monoisotopic (exact) mass is 419 g/mol. The zero-order chi connectivity index (χ0) is 21.9. The summed E-state index contributed by atoms with van der Waals surface area (Å²) in [6, 6.07) is 8.03. The van der Waals surface area contributed by atoms with E-state index in [1.165, 1.54) is 12.1 Å². The first-order chi connectivity index (χ1) is 14.7. The number of amides is 2. The minimum Gasteiger partial charge on any atom is -0.336 e. The highest BCUT2D eigenvalue weighted by Gasteiger charge is 2.39. The number of benzene rings is 1. The van der Waals surface area contributed by atoms with Gasteiger partial charge in [0.25, 0.3) is 17.5 Å². The highest BCUT2D eigenvalue weighted by molar-refractivity contribution is 6.21. The molecule has 1 saturated carbocycles. The van der Waals surface area contributed by atoms with Gasteiger partial charge in [-0.05, 0) is 42.9 Å². The second kappa shape index (κ2) is 6.73. The molecule has 0 bridgehead atoms. The Labute approximate surface area is 178 Å². The van der Waals surface area contributed by atoms with Crippen LogP contribution in [0.2, 0.25) is 0 Å². The van der Waals surface area contributed by atoms with E-state index in [1.54, 1.807) is 18.2 Å². The molecule has 2 aliphatic rings. The van der Waals surface area contributed by atoms with E-state index in [9.17, 15) is 14.4 Å². The first-order valence-corrected chi connectivity index (χ1v) is 10.2. The standard InChI is InChI=1S/C23H21N3O5/c1-23(2,3)11-17-18-15(10-16(12-8-9-12)24-19(18)30-25-17)22(29)31-26-20(27)13-6-4-5-7-14(13)21(26)28/h4-7,10,12H,8-9,11H2,1-3H3. The van der Waals surface area contributed by atoms with Crippen LogP contribution in [0, 0.1) is 5.41 Å². The minimum atomic E-state index is -0.817. The normalized spacial score (nSPS) is 16.2. The molecule has 0 radical (unpaired) electrons. The van der Waals surface area contributed by atoms with Crippen LogP contribution in [-0.2, 0) is 11.3 Å². The number of carbonyl (C=O) groups is 3.